The molecule has 15 heavy (non-hydrogen) atoms. The lowest BCUT2D eigenvalue weighted by Gasteiger charge is -2.38. The summed E-state index contributed by atoms with van der Waals surface area (Å²) in [7, 11) is 0. The van der Waals surface area contributed by atoms with Crippen LogP contribution in [0.1, 0.15) is 32.6 Å². The summed E-state index contributed by atoms with van der Waals surface area (Å²) >= 11 is 1.79. The highest BCUT2D eigenvalue weighted by Crippen LogP contribution is 2.27. The van der Waals surface area contributed by atoms with Crippen LogP contribution >= 0.6 is 11.3 Å². The molecule has 3 heteroatoms. The van der Waals surface area contributed by atoms with E-state index in [1.165, 1.54) is 4.88 Å². The molecule has 0 fully saturated rings. The molecule has 0 aromatic carbocycles. The van der Waals surface area contributed by atoms with E-state index in [1.54, 1.807) is 11.3 Å². The Hall–Kier alpha value is -0.380. The van der Waals surface area contributed by atoms with Gasteiger partial charge in [0.25, 0.3) is 0 Å². The van der Waals surface area contributed by atoms with E-state index in [1.807, 2.05) is 0 Å². The average Bonchev–Trinajstić information content (AvgIpc) is 2.54. The molecule has 0 atom stereocenters. The van der Waals surface area contributed by atoms with Gasteiger partial charge in [0.15, 0.2) is 0 Å². The Morgan fingerprint density at radius 3 is 2.47 bits per heavy atom. The average molecular weight is 226 g/mol. The Morgan fingerprint density at radius 2 is 2.00 bits per heavy atom. The van der Waals surface area contributed by atoms with Gasteiger partial charge < -0.3 is 11.1 Å². The minimum Gasteiger partial charge on any atom is -0.325 e. The Morgan fingerprint density at radius 1 is 1.33 bits per heavy atom. The first-order chi connectivity index (χ1) is 6.83. The standard InChI is InChI=1S/C12H22N2S/c1-11(2,12(3,4)13)9-14-8-10-6-5-7-15-10/h5-7,14H,8-9,13H2,1-4H3. The quantitative estimate of drug-likeness (QED) is 0.810. The number of thiophene rings is 1. The van der Waals surface area contributed by atoms with E-state index in [-0.39, 0.29) is 11.0 Å². The maximum absolute atomic E-state index is 6.14. The van der Waals surface area contributed by atoms with E-state index in [2.05, 4.69) is 50.5 Å². The van der Waals surface area contributed by atoms with Gasteiger partial charge in [-0.3, -0.25) is 0 Å². The molecule has 0 bridgehead atoms. The van der Waals surface area contributed by atoms with Gasteiger partial charge in [0.1, 0.15) is 0 Å². The lowest BCUT2D eigenvalue weighted by Crippen LogP contribution is -2.52. The van der Waals surface area contributed by atoms with E-state index < -0.39 is 0 Å². The van der Waals surface area contributed by atoms with Crippen LogP contribution in [0.5, 0.6) is 0 Å². The molecule has 0 spiro atoms. The SMILES string of the molecule is CC(C)(N)C(C)(C)CNCc1cccs1. The van der Waals surface area contributed by atoms with Gasteiger partial charge in [-0.15, -0.1) is 11.3 Å². The molecular formula is C12H22N2S. The van der Waals surface area contributed by atoms with Gasteiger partial charge in [0.2, 0.25) is 0 Å². The number of hydrogen-bond donors (Lipinski definition) is 2. The van der Waals surface area contributed by atoms with Crippen LogP contribution in [0.15, 0.2) is 17.5 Å². The van der Waals surface area contributed by atoms with E-state index >= 15 is 0 Å². The van der Waals surface area contributed by atoms with Crippen molar-refractivity contribution in [3.63, 3.8) is 0 Å². The summed E-state index contributed by atoms with van der Waals surface area (Å²) in [6, 6.07) is 4.23. The molecule has 0 radical (unpaired) electrons. The minimum atomic E-state index is -0.157. The van der Waals surface area contributed by atoms with Gasteiger partial charge in [-0.1, -0.05) is 19.9 Å². The second-order valence-corrected chi connectivity index (χ2v) is 6.32. The van der Waals surface area contributed by atoms with Crippen LogP contribution in [0.2, 0.25) is 0 Å². The molecule has 0 saturated heterocycles. The Bertz CT molecular complexity index is 283. The monoisotopic (exact) mass is 226 g/mol. The van der Waals surface area contributed by atoms with E-state index in [0.29, 0.717) is 0 Å². The molecular weight excluding hydrogens is 204 g/mol. The Kier molecular flexibility index (Phi) is 3.93. The second kappa shape index (κ2) is 4.64. The molecule has 1 aromatic heterocycles. The highest BCUT2D eigenvalue weighted by molar-refractivity contribution is 7.09. The first-order valence-corrected chi connectivity index (χ1v) is 6.23. The lowest BCUT2D eigenvalue weighted by atomic mass is 9.75. The summed E-state index contributed by atoms with van der Waals surface area (Å²) in [6.07, 6.45) is 0. The molecule has 3 N–H and O–H groups in total. The van der Waals surface area contributed by atoms with E-state index in [9.17, 15) is 0 Å². The highest BCUT2D eigenvalue weighted by Gasteiger charge is 2.32. The molecule has 0 aliphatic heterocycles. The van der Waals surface area contributed by atoms with Crippen LogP contribution < -0.4 is 11.1 Å². The molecule has 1 rings (SSSR count). The smallest absolute Gasteiger partial charge is 0.0299 e. The van der Waals surface area contributed by atoms with Crippen LogP contribution in [0.25, 0.3) is 0 Å². The predicted molar refractivity (Wildman–Crippen MR) is 68.1 cm³/mol. The van der Waals surface area contributed by atoms with Crippen molar-refractivity contribution in [2.75, 3.05) is 6.54 Å². The normalized spacial score (nSPS) is 13.1. The maximum atomic E-state index is 6.14. The minimum absolute atomic E-state index is 0.101. The summed E-state index contributed by atoms with van der Waals surface area (Å²) in [5, 5.41) is 5.57. The third kappa shape index (κ3) is 3.59. The fourth-order valence-electron chi connectivity index (χ4n) is 1.14. The fraction of sp³-hybridized carbons (Fsp3) is 0.667. The van der Waals surface area contributed by atoms with Crippen LogP contribution in [-0.4, -0.2) is 12.1 Å². The summed E-state index contributed by atoms with van der Waals surface area (Å²) in [5.74, 6) is 0. The first-order valence-electron chi connectivity index (χ1n) is 5.35. The van der Waals surface area contributed by atoms with E-state index in [4.69, 9.17) is 5.73 Å². The Labute approximate surface area is 96.9 Å². The summed E-state index contributed by atoms with van der Waals surface area (Å²) < 4.78 is 0. The highest BCUT2D eigenvalue weighted by atomic mass is 32.1. The van der Waals surface area contributed by atoms with Gasteiger partial charge in [-0.25, -0.2) is 0 Å². The first kappa shape index (κ1) is 12.7. The van der Waals surface area contributed by atoms with Crippen LogP contribution in [0.4, 0.5) is 0 Å². The molecule has 0 amide bonds. The molecule has 1 aromatic rings. The van der Waals surface area contributed by atoms with Crippen molar-refractivity contribution in [3.8, 4) is 0 Å². The van der Waals surface area contributed by atoms with Crippen molar-refractivity contribution in [2.45, 2.75) is 39.8 Å². The van der Waals surface area contributed by atoms with Gasteiger partial charge in [-0.05, 0) is 30.7 Å². The zero-order valence-corrected chi connectivity index (χ0v) is 10.9. The zero-order valence-electron chi connectivity index (χ0n) is 10.1. The molecule has 0 unspecified atom stereocenters. The van der Waals surface area contributed by atoms with Crippen LogP contribution in [-0.2, 0) is 6.54 Å². The topological polar surface area (TPSA) is 38.0 Å². The van der Waals surface area contributed by atoms with Crippen LogP contribution in [0, 0.1) is 5.41 Å². The van der Waals surface area contributed by atoms with Gasteiger partial charge in [0.05, 0.1) is 0 Å². The second-order valence-electron chi connectivity index (χ2n) is 5.29. The number of nitrogens with one attached hydrogen (secondary N) is 1. The number of rotatable bonds is 5. The maximum Gasteiger partial charge on any atom is 0.0299 e. The Balaban J connectivity index is 2.37. The van der Waals surface area contributed by atoms with E-state index in [0.717, 1.165) is 13.1 Å². The van der Waals surface area contributed by atoms with Gasteiger partial charge in [-0.2, -0.15) is 0 Å². The van der Waals surface area contributed by atoms with Crippen molar-refractivity contribution in [1.29, 1.82) is 0 Å². The molecule has 2 nitrogen and oxygen atoms in total. The summed E-state index contributed by atoms with van der Waals surface area (Å²) in [4.78, 5) is 1.38. The van der Waals surface area contributed by atoms with Crippen molar-refractivity contribution in [2.24, 2.45) is 11.1 Å². The van der Waals surface area contributed by atoms with Gasteiger partial charge >= 0.3 is 0 Å². The van der Waals surface area contributed by atoms with Crippen molar-refractivity contribution >= 4 is 11.3 Å². The number of nitrogens with two attached hydrogens (primary N) is 1. The third-order valence-corrected chi connectivity index (χ3v) is 4.07. The third-order valence-electron chi connectivity index (χ3n) is 3.19. The van der Waals surface area contributed by atoms with Gasteiger partial charge in [0, 0.05) is 23.5 Å². The molecule has 0 aliphatic carbocycles. The summed E-state index contributed by atoms with van der Waals surface area (Å²) in [5.41, 5.74) is 6.08. The van der Waals surface area contributed by atoms with Crippen molar-refractivity contribution in [1.82, 2.24) is 5.32 Å². The zero-order chi connectivity index (χ0) is 11.5. The number of hydrogen-bond acceptors (Lipinski definition) is 3. The molecule has 1 heterocycles. The van der Waals surface area contributed by atoms with Crippen molar-refractivity contribution in [3.05, 3.63) is 22.4 Å². The predicted octanol–water partition coefficient (Wildman–Crippen LogP) is 2.60. The fourth-order valence-corrected chi connectivity index (χ4v) is 1.81. The lowest BCUT2D eigenvalue weighted by molar-refractivity contribution is 0.195. The molecule has 0 aliphatic rings. The molecule has 0 saturated carbocycles. The van der Waals surface area contributed by atoms with Crippen LogP contribution in [0.3, 0.4) is 0 Å². The summed E-state index contributed by atoms with van der Waals surface area (Å²) in [6.45, 7) is 10.5. The molecule has 86 valence electrons. The van der Waals surface area contributed by atoms with Crippen molar-refractivity contribution < 1.29 is 0 Å². The largest absolute Gasteiger partial charge is 0.325 e.